The van der Waals surface area contributed by atoms with Crippen molar-refractivity contribution in [3.63, 3.8) is 0 Å². The number of hydrogen-bond acceptors (Lipinski definition) is 2. The first-order valence-electron chi connectivity index (χ1n) is 3.62. The van der Waals surface area contributed by atoms with Gasteiger partial charge in [0.2, 0.25) is 0 Å². The van der Waals surface area contributed by atoms with E-state index in [9.17, 15) is 4.79 Å². The number of carbonyl (C=O) groups is 1. The molecule has 0 spiro atoms. The first-order valence-corrected chi connectivity index (χ1v) is 3.62. The largest absolute Gasteiger partial charge is 0.420 e. The number of quaternary nitrogens is 1. The highest BCUT2D eigenvalue weighted by molar-refractivity contribution is 5.96. The Hall–Kier alpha value is -1.29. The van der Waals surface area contributed by atoms with Gasteiger partial charge in [-0.3, -0.25) is 9.28 Å². The van der Waals surface area contributed by atoms with Crippen LogP contribution in [0.5, 0.6) is 0 Å². The predicted molar refractivity (Wildman–Crippen MR) is 46.8 cm³/mol. The molecule has 0 aromatic carbocycles. The second-order valence-electron chi connectivity index (χ2n) is 3.52. The molecule has 0 saturated heterocycles. The average molecular weight is 169 g/mol. The number of furan rings is 1. The highest BCUT2D eigenvalue weighted by atomic mass is 16.4. The van der Waals surface area contributed by atoms with Crippen LogP contribution in [0.3, 0.4) is 0 Å². The molecule has 1 amide bonds. The molecule has 0 bridgehead atoms. The Kier molecular flexibility index (Phi) is 1.94. The first-order chi connectivity index (χ1) is 5.43. The number of rotatable bonds is 2. The quantitative estimate of drug-likeness (QED) is 0.658. The van der Waals surface area contributed by atoms with Gasteiger partial charge in [0, 0.05) is 0 Å². The lowest BCUT2D eigenvalue weighted by Gasteiger charge is -2.20. The van der Waals surface area contributed by atoms with E-state index in [0.29, 0.717) is 15.9 Å². The molecule has 1 aromatic rings. The van der Waals surface area contributed by atoms with Crippen LogP contribution in [0.25, 0.3) is 0 Å². The van der Waals surface area contributed by atoms with Gasteiger partial charge in [-0.25, -0.2) is 0 Å². The summed E-state index contributed by atoms with van der Waals surface area (Å²) in [4.78, 5) is 10.9. The monoisotopic (exact) mass is 169 g/mol. The highest BCUT2D eigenvalue weighted by Crippen LogP contribution is 2.22. The van der Waals surface area contributed by atoms with E-state index in [1.54, 1.807) is 6.07 Å². The number of amides is 1. The number of carbonyl (C=O) groups excluding carboxylic acids is 1. The third kappa shape index (κ3) is 1.48. The third-order valence-corrected chi connectivity index (χ3v) is 1.52. The molecule has 0 aliphatic carbocycles. The van der Waals surface area contributed by atoms with E-state index < -0.39 is 5.91 Å². The zero-order valence-electron chi connectivity index (χ0n) is 7.50. The minimum absolute atomic E-state index is 0.447. The molecular formula is C8H13N2O2+. The normalized spacial score (nSPS) is 11.6. The van der Waals surface area contributed by atoms with Crippen molar-refractivity contribution in [1.82, 2.24) is 4.48 Å². The van der Waals surface area contributed by atoms with Crippen molar-refractivity contribution in [3.05, 3.63) is 17.9 Å². The molecule has 2 N–H and O–H groups in total. The minimum Gasteiger partial charge on any atom is -0.420 e. The van der Waals surface area contributed by atoms with Crippen LogP contribution in [0, 0.1) is 0 Å². The van der Waals surface area contributed by atoms with Gasteiger partial charge in [0.05, 0.1) is 27.4 Å². The van der Waals surface area contributed by atoms with Crippen LogP contribution < -0.4 is 10.2 Å². The molecular weight excluding hydrogens is 156 g/mol. The third-order valence-electron chi connectivity index (χ3n) is 1.52. The van der Waals surface area contributed by atoms with Gasteiger partial charge >= 0.3 is 5.88 Å². The van der Waals surface area contributed by atoms with E-state index in [2.05, 4.69) is 0 Å². The molecule has 1 aromatic heterocycles. The van der Waals surface area contributed by atoms with Gasteiger partial charge in [-0.15, -0.1) is 0 Å². The second kappa shape index (κ2) is 2.64. The predicted octanol–water partition coefficient (Wildman–Crippen LogP) is 0.575. The van der Waals surface area contributed by atoms with Crippen LogP contribution in [-0.2, 0) is 0 Å². The van der Waals surface area contributed by atoms with Crippen molar-refractivity contribution >= 4 is 11.8 Å². The van der Waals surface area contributed by atoms with Gasteiger partial charge in [-0.05, 0) is 6.07 Å². The summed E-state index contributed by atoms with van der Waals surface area (Å²) in [6, 6.07) is 1.58. The van der Waals surface area contributed by atoms with Crippen LogP contribution in [0.4, 0.5) is 5.88 Å². The van der Waals surface area contributed by atoms with Crippen molar-refractivity contribution in [2.24, 2.45) is 5.73 Å². The Labute approximate surface area is 71.2 Å². The van der Waals surface area contributed by atoms with E-state index >= 15 is 0 Å². The van der Waals surface area contributed by atoms with Crippen molar-refractivity contribution in [1.29, 1.82) is 0 Å². The van der Waals surface area contributed by atoms with Crippen LogP contribution in [-0.4, -0.2) is 27.1 Å². The Morgan fingerprint density at radius 1 is 1.50 bits per heavy atom. The average Bonchev–Trinajstić information content (AvgIpc) is 2.30. The Morgan fingerprint density at radius 2 is 2.08 bits per heavy atom. The first kappa shape index (κ1) is 8.80. The molecule has 0 aliphatic rings. The Morgan fingerprint density at radius 3 is 2.42 bits per heavy atom. The van der Waals surface area contributed by atoms with Gasteiger partial charge in [0.1, 0.15) is 5.56 Å². The lowest BCUT2D eigenvalue weighted by Crippen LogP contribution is -2.36. The van der Waals surface area contributed by atoms with Crippen molar-refractivity contribution < 1.29 is 9.21 Å². The molecule has 0 unspecified atom stereocenters. The van der Waals surface area contributed by atoms with Crippen LogP contribution in [0.2, 0.25) is 0 Å². The van der Waals surface area contributed by atoms with E-state index in [0.717, 1.165) is 0 Å². The molecule has 12 heavy (non-hydrogen) atoms. The molecule has 66 valence electrons. The molecule has 0 aliphatic heterocycles. The second-order valence-corrected chi connectivity index (χ2v) is 3.52. The molecule has 0 fully saturated rings. The number of nitrogens with zero attached hydrogens (tertiary/aromatic N) is 1. The van der Waals surface area contributed by atoms with E-state index in [1.165, 1.54) is 6.26 Å². The topological polar surface area (TPSA) is 56.2 Å². The maximum Gasteiger partial charge on any atom is 0.309 e. The summed E-state index contributed by atoms with van der Waals surface area (Å²) in [5, 5.41) is 0. The molecule has 1 rings (SSSR count). The molecule has 0 saturated carbocycles. The SMILES string of the molecule is C[N+](C)(C)c1occc1C(N)=O. The lowest BCUT2D eigenvalue weighted by atomic mass is 10.3. The van der Waals surface area contributed by atoms with Gasteiger partial charge in [0.15, 0.2) is 0 Å². The van der Waals surface area contributed by atoms with Crippen molar-refractivity contribution in [2.75, 3.05) is 21.1 Å². The zero-order chi connectivity index (χ0) is 9.35. The van der Waals surface area contributed by atoms with E-state index in [4.69, 9.17) is 10.2 Å². The van der Waals surface area contributed by atoms with E-state index in [-0.39, 0.29) is 0 Å². The summed E-state index contributed by atoms with van der Waals surface area (Å²) in [5.41, 5.74) is 5.59. The summed E-state index contributed by atoms with van der Waals surface area (Å²) in [6.07, 6.45) is 1.47. The van der Waals surface area contributed by atoms with E-state index in [1.807, 2.05) is 21.1 Å². The fraction of sp³-hybridized carbons (Fsp3) is 0.375. The number of primary amides is 1. The van der Waals surface area contributed by atoms with Crippen molar-refractivity contribution in [2.45, 2.75) is 0 Å². The fourth-order valence-electron chi connectivity index (χ4n) is 1.01. The van der Waals surface area contributed by atoms with Crippen molar-refractivity contribution in [3.8, 4) is 0 Å². The Balaban J connectivity index is 3.17. The minimum atomic E-state index is -0.452. The molecule has 1 heterocycles. The lowest BCUT2D eigenvalue weighted by molar-refractivity contribution is 0.0998. The van der Waals surface area contributed by atoms with Gasteiger partial charge in [-0.2, -0.15) is 0 Å². The molecule has 0 radical (unpaired) electrons. The van der Waals surface area contributed by atoms with Gasteiger partial charge < -0.3 is 10.2 Å². The maximum atomic E-state index is 10.9. The highest BCUT2D eigenvalue weighted by Gasteiger charge is 2.24. The zero-order valence-corrected chi connectivity index (χ0v) is 7.50. The smallest absolute Gasteiger partial charge is 0.309 e. The van der Waals surface area contributed by atoms with Gasteiger partial charge in [0.25, 0.3) is 5.91 Å². The molecule has 4 nitrogen and oxygen atoms in total. The standard InChI is InChI=1S/C8H12N2O2/c1-10(2,3)8-6(7(9)11)4-5-12-8/h4-5H,1-3H3,(H-,9,11)/p+1. The Bertz CT molecular complexity index is 296. The number of nitrogens with two attached hydrogens (primary N) is 1. The fourth-order valence-corrected chi connectivity index (χ4v) is 1.01. The summed E-state index contributed by atoms with van der Waals surface area (Å²) in [6.45, 7) is 0. The molecule has 0 atom stereocenters. The maximum absolute atomic E-state index is 10.9. The number of hydrogen-bond donors (Lipinski definition) is 1. The summed E-state index contributed by atoms with van der Waals surface area (Å²) >= 11 is 0. The van der Waals surface area contributed by atoms with Gasteiger partial charge in [-0.1, -0.05) is 0 Å². The van der Waals surface area contributed by atoms with Crippen LogP contribution >= 0.6 is 0 Å². The molecule has 4 heteroatoms. The summed E-state index contributed by atoms with van der Waals surface area (Å²) in [5.74, 6) is 0.134. The summed E-state index contributed by atoms with van der Waals surface area (Å²) in [7, 11) is 5.72. The summed E-state index contributed by atoms with van der Waals surface area (Å²) < 4.78 is 5.61. The van der Waals surface area contributed by atoms with Crippen LogP contribution in [0.15, 0.2) is 16.7 Å². The van der Waals surface area contributed by atoms with Crippen LogP contribution in [0.1, 0.15) is 10.4 Å².